The first kappa shape index (κ1) is 17.6. The third-order valence-electron chi connectivity index (χ3n) is 3.86. The molecule has 1 fully saturated rings. The Morgan fingerprint density at radius 1 is 1.29 bits per heavy atom. The first-order chi connectivity index (χ1) is 9.94. The normalized spacial score (nSPS) is 18.0. The van der Waals surface area contributed by atoms with Crippen LogP contribution in [0, 0.1) is 0 Å². The van der Waals surface area contributed by atoms with Crippen molar-refractivity contribution in [3.63, 3.8) is 0 Å². The van der Waals surface area contributed by atoms with Gasteiger partial charge in [0.25, 0.3) is 0 Å². The Labute approximate surface area is 126 Å². The quantitative estimate of drug-likeness (QED) is 0.394. The molecule has 6 nitrogen and oxygen atoms in total. The summed E-state index contributed by atoms with van der Waals surface area (Å²) >= 11 is 0. The molecule has 1 unspecified atom stereocenters. The van der Waals surface area contributed by atoms with E-state index in [1.54, 1.807) is 0 Å². The van der Waals surface area contributed by atoms with Crippen molar-refractivity contribution >= 4 is 17.8 Å². The van der Waals surface area contributed by atoms with Crippen LogP contribution < -0.4 is 5.32 Å². The molecule has 120 valence electrons. The van der Waals surface area contributed by atoms with Crippen molar-refractivity contribution in [2.45, 2.75) is 57.9 Å². The second-order valence-electron chi connectivity index (χ2n) is 5.65. The molecule has 6 heteroatoms. The Balaban J connectivity index is 2.41. The van der Waals surface area contributed by atoms with E-state index >= 15 is 0 Å². The number of imide groups is 1. The Morgan fingerprint density at radius 2 is 1.90 bits per heavy atom. The van der Waals surface area contributed by atoms with Crippen molar-refractivity contribution in [3.8, 4) is 0 Å². The largest absolute Gasteiger partial charge is 0.468 e. The van der Waals surface area contributed by atoms with Gasteiger partial charge in [-0.1, -0.05) is 6.92 Å². The van der Waals surface area contributed by atoms with E-state index in [4.69, 9.17) is 4.74 Å². The molecule has 1 N–H and O–H groups in total. The van der Waals surface area contributed by atoms with Gasteiger partial charge < -0.3 is 10.1 Å². The minimum absolute atomic E-state index is 0.0835. The third-order valence-corrected chi connectivity index (χ3v) is 3.86. The predicted octanol–water partition coefficient (Wildman–Crippen LogP) is 1.24. The molecule has 0 aromatic heterocycles. The van der Waals surface area contributed by atoms with E-state index in [0.29, 0.717) is 32.2 Å². The van der Waals surface area contributed by atoms with Gasteiger partial charge in [-0.15, -0.1) is 0 Å². The van der Waals surface area contributed by atoms with Gasteiger partial charge in [0, 0.05) is 19.4 Å². The highest BCUT2D eigenvalue weighted by molar-refractivity contribution is 6.01. The summed E-state index contributed by atoms with van der Waals surface area (Å²) < 4.78 is 4.86. The van der Waals surface area contributed by atoms with E-state index in [-0.39, 0.29) is 17.8 Å². The second-order valence-corrected chi connectivity index (χ2v) is 5.65. The molecular weight excluding hydrogens is 272 g/mol. The number of ether oxygens (including phenoxy) is 1. The molecule has 1 aliphatic rings. The topological polar surface area (TPSA) is 75.7 Å². The number of carbonyl (C=O) groups excluding carboxylic acids is 3. The van der Waals surface area contributed by atoms with Crippen LogP contribution in [-0.4, -0.2) is 48.4 Å². The number of unbranched alkanes of at least 4 members (excludes halogenated alkanes) is 1. The molecule has 0 aromatic carbocycles. The van der Waals surface area contributed by atoms with E-state index in [0.717, 1.165) is 19.4 Å². The van der Waals surface area contributed by atoms with E-state index in [2.05, 4.69) is 5.32 Å². The number of carbonyl (C=O) groups is 3. The molecule has 2 amide bonds. The lowest BCUT2D eigenvalue weighted by Gasteiger charge is -2.28. The van der Waals surface area contributed by atoms with Crippen LogP contribution in [0.15, 0.2) is 0 Å². The number of nitrogens with one attached hydrogen (secondary N) is 1. The fourth-order valence-electron chi connectivity index (χ4n) is 2.51. The zero-order chi connectivity index (χ0) is 15.9. The van der Waals surface area contributed by atoms with Crippen molar-refractivity contribution < 1.29 is 19.1 Å². The standard InChI is InChI=1S/C15H26N2O4/c1-4-10-16-15(2,14(20)21-3)9-5-6-11-17-12(18)7-8-13(17)19/h16H,4-11H2,1-3H3. The van der Waals surface area contributed by atoms with E-state index in [1.165, 1.54) is 12.0 Å². The number of likely N-dealkylation sites (tertiary alicyclic amines) is 1. The first-order valence-electron chi connectivity index (χ1n) is 7.61. The molecule has 21 heavy (non-hydrogen) atoms. The molecule has 1 saturated heterocycles. The molecule has 0 saturated carbocycles. The van der Waals surface area contributed by atoms with Gasteiger partial charge in [0.2, 0.25) is 11.8 Å². The van der Waals surface area contributed by atoms with Gasteiger partial charge in [0.15, 0.2) is 0 Å². The minimum atomic E-state index is -0.705. The number of methoxy groups -OCH3 is 1. The maximum Gasteiger partial charge on any atom is 0.325 e. The lowest BCUT2D eigenvalue weighted by molar-refractivity contribution is -0.148. The summed E-state index contributed by atoms with van der Waals surface area (Å²) in [4.78, 5) is 36.2. The number of rotatable bonds is 9. The summed E-state index contributed by atoms with van der Waals surface area (Å²) in [5, 5.41) is 3.22. The molecule has 1 heterocycles. The molecule has 0 radical (unpaired) electrons. The highest BCUT2D eigenvalue weighted by atomic mass is 16.5. The zero-order valence-corrected chi connectivity index (χ0v) is 13.2. The van der Waals surface area contributed by atoms with Gasteiger partial charge >= 0.3 is 5.97 Å². The lowest BCUT2D eigenvalue weighted by atomic mass is 9.94. The van der Waals surface area contributed by atoms with Crippen molar-refractivity contribution in [3.05, 3.63) is 0 Å². The summed E-state index contributed by atoms with van der Waals surface area (Å²) in [6.45, 7) is 5.06. The Hall–Kier alpha value is -1.43. The van der Waals surface area contributed by atoms with E-state index in [1.807, 2.05) is 13.8 Å². The second kappa shape index (κ2) is 8.12. The fraction of sp³-hybridized carbons (Fsp3) is 0.800. The molecule has 1 rings (SSSR count). The summed E-state index contributed by atoms with van der Waals surface area (Å²) in [5.74, 6) is -0.441. The SMILES string of the molecule is CCCNC(C)(CCCCN1C(=O)CCC1=O)C(=O)OC. The summed E-state index contributed by atoms with van der Waals surface area (Å²) in [6.07, 6.45) is 3.67. The van der Waals surface area contributed by atoms with Crippen LogP contribution in [0.3, 0.4) is 0 Å². The molecule has 1 atom stereocenters. The zero-order valence-electron chi connectivity index (χ0n) is 13.2. The summed E-state index contributed by atoms with van der Waals surface area (Å²) in [7, 11) is 1.38. The van der Waals surface area contributed by atoms with Gasteiger partial charge in [-0.3, -0.25) is 19.3 Å². The molecular formula is C15H26N2O4. The minimum Gasteiger partial charge on any atom is -0.468 e. The highest BCUT2D eigenvalue weighted by Crippen LogP contribution is 2.18. The van der Waals surface area contributed by atoms with Gasteiger partial charge in [-0.25, -0.2) is 0 Å². The van der Waals surface area contributed by atoms with Crippen LogP contribution in [-0.2, 0) is 19.1 Å². The third kappa shape index (κ3) is 4.81. The average molecular weight is 298 g/mol. The van der Waals surface area contributed by atoms with Crippen molar-refractivity contribution in [2.24, 2.45) is 0 Å². The summed E-state index contributed by atoms with van der Waals surface area (Å²) in [6, 6.07) is 0. The molecule has 0 bridgehead atoms. The van der Waals surface area contributed by atoms with Crippen molar-refractivity contribution in [2.75, 3.05) is 20.2 Å². The lowest BCUT2D eigenvalue weighted by Crippen LogP contribution is -2.50. The van der Waals surface area contributed by atoms with Crippen LogP contribution >= 0.6 is 0 Å². The maximum atomic E-state index is 11.9. The molecule has 0 aliphatic carbocycles. The highest BCUT2D eigenvalue weighted by Gasteiger charge is 2.33. The fourth-order valence-corrected chi connectivity index (χ4v) is 2.51. The first-order valence-corrected chi connectivity index (χ1v) is 7.61. The number of hydrogen-bond acceptors (Lipinski definition) is 5. The summed E-state index contributed by atoms with van der Waals surface area (Å²) in [5.41, 5.74) is -0.705. The Bertz CT molecular complexity index is 381. The number of amides is 2. The van der Waals surface area contributed by atoms with Gasteiger partial charge in [-0.05, 0) is 39.2 Å². The van der Waals surface area contributed by atoms with Crippen molar-refractivity contribution in [1.82, 2.24) is 10.2 Å². The predicted molar refractivity (Wildman–Crippen MR) is 78.5 cm³/mol. The van der Waals surface area contributed by atoms with Crippen LogP contribution in [0.5, 0.6) is 0 Å². The Kier molecular flexibility index (Phi) is 6.81. The smallest absolute Gasteiger partial charge is 0.325 e. The molecule has 0 spiro atoms. The van der Waals surface area contributed by atoms with Gasteiger partial charge in [0.1, 0.15) is 5.54 Å². The van der Waals surface area contributed by atoms with Crippen LogP contribution in [0.25, 0.3) is 0 Å². The van der Waals surface area contributed by atoms with Crippen molar-refractivity contribution in [1.29, 1.82) is 0 Å². The molecule has 0 aromatic rings. The van der Waals surface area contributed by atoms with Gasteiger partial charge in [0.05, 0.1) is 7.11 Å². The van der Waals surface area contributed by atoms with Crippen LogP contribution in [0.4, 0.5) is 0 Å². The van der Waals surface area contributed by atoms with E-state index < -0.39 is 5.54 Å². The monoisotopic (exact) mass is 298 g/mol. The number of hydrogen-bond donors (Lipinski definition) is 1. The number of esters is 1. The average Bonchev–Trinajstić information content (AvgIpc) is 2.80. The van der Waals surface area contributed by atoms with Crippen LogP contribution in [0.2, 0.25) is 0 Å². The van der Waals surface area contributed by atoms with Gasteiger partial charge in [-0.2, -0.15) is 0 Å². The number of nitrogens with zero attached hydrogens (tertiary/aromatic N) is 1. The molecule has 1 aliphatic heterocycles. The van der Waals surface area contributed by atoms with E-state index in [9.17, 15) is 14.4 Å². The Morgan fingerprint density at radius 3 is 2.43 bits per heavy atom. The van der Waals surface area contributed by atoms with Crippen LogP contribution in [0.1, 0.15) is 52.4 Å². The maximum absolute atomic E-state index is 11.9.